The van der Waals surface area contributed by atoms with Gasteiger partial charge in [-0.2, -0.15) is 8.78 Å². The van der Waals surface area contributed by atoms with Gasteiger partial charge in [-0.15, -0.1) is 0 Å². The van der Waals surface area contributed by atoms with E-state index in [-0.39, 0.29) is 11.7 Å². The molecule has 0 aliphatic rings. The van der Waals surface area contributed by atoms with Crippen LogP contribution in [0.2, 0.25) is 0 Å². The lowest BCUT2D eigenvalue weighted by Crippen LogP contribution is -3.08. The molecule has 0 saturated heterocycles. The number of hydrogen-bond donors (Lipinski definition) is 2. The number of carbonyl (C=O) groups excluding carboxylic acids is 1. The van der Waals surface area contributed by atoms with E-state index in [0.29, 0.717) is 19.5 Å². The van der Waals surface area contributed by atoms with Crippen LogP contribution in [0.15, 0.2) is 48.5 Å². The number of amides is 1. The first-order chi connectivity index (χ1) is 12.4. The molecule has 0 aliphatic carbocycles. The standard InChI is InChI=1S/C20H24F2N2O2/c1-15-3-5-17(6-4-15)13-24(2)14-19(25)23-12-11-16-7-9-18(10-8-16)26-20(21)22/h3-10,20H,11-14H2,1-2H3,(H,23,25)/p+1. The van der Waals surface area contributed by atoms with Crippen LogP contribution in [0.3, 0.4) is 0 Å². The molecule has 0 radical (unpaired) electrons. The SMILES string of the molecule is Cc1ccc(C[NH+](C)CC(=O)NCCc2ccc(OC(F)F)cc2)cc1. The Bertz CT molecular complexity index is 688. The number of alkyl halides is 2. The van der Waals surface area contributed by atoms with Gasteiger partial charge in [0.25, 0.3) is 5.91 Å². The molecule has 2 N–H and O–H groups in total. The number of ether oxygens (including phenoxy) is 1. The first-order valence-electron chi connectivity index (χ1n) is 8.59. The Kier molecular flexibility index (Phi) is 7.53. The van der Waals surface area contributed by atoms with Crippen molar-refractivity contribution >= 4 is 5.91 Å². The number of rotatable bonds is 9. The minimum atomic E-state index is -2.82. The van der Waals surface area contributed by atoms with E-state index in [1.54, 1.807) is 12.1 Å². The zero-order valence-electron chi connectivity index (χ0n) is 15.1. The van der Waals surface area contributed by atoms with E-state index in [0.717, 1.165) is 17.0 Å². The number of hydrogen-bond acceptors (Lipinski definition) is 2. The minimum absolute atomic E-state index is 0.00716. The van der Waals surface area contributed by atoms with E-state index in [4.69, 9.17) is 0 Å². The van der Waals surface area contributed by atoms with Crippen molar-refractivity contribution in [3.8, 4) is 5.75 Å². The highest BCUT2D eigenvalue weighted by atomic mass is 19.3. The van der Waals surface area contributed by atoms with Crippen LogP contribution in [0.4, 0.5) is 8.78 Å². The molecule has 140 valence electrons. The van der Waals surface area contributed by atoms with Gasteiger partial charge in [0, 0.05) is 12.1 Å². The molecule has 0 heterocycles. The highest BCUT2D eigenvalue weighted by molar-refractivity contribution is 5.76. The first-order valence-corrected chi connectivity index (χ1v) is 8.59. The van der Waals surface area contributed by atoms with Gasteiger partial charge >= 0.3 is 6.61 Å². The van der Waals surface area contributed by atoms with Crippen molar-refractivity contribution in [3.05, 3.63) is 65.2 Å². The van der Waals surface area contributed by atoms with Gasteiger partial charge in [0.05, 0.1) is 7.05 Å². The summed E-state index contributed by atoms with van der Waals surface area (Å²) in [5, 5.41) is 2.89. The maximum Gasteiger partial charge on any atom is 0.387 e. The summed E-state index contributed by atoms with van der Waals surface area (Å²) in [5.74, 6) is 0.126. The maximum absolute atomic E-state index is 12.1. The van der Waals surface area contributed by atoms with Crippen LogP contribution >= 0.6 is 0 Å². The summed E-state index contributed by atoms with van der Waals surface area (Å²) < 4.78 is 28.5. The van der Waals surface area contributed by atoms with E-state index < -0.39 is 6.61 Å². The Morgan fingerprint density at radius 1 is 1.08 bits per heavy atom. The van der Waals surface area contributed by atoms with E-state index in [2.05, 4.69) is 34.3 Å². The minimum Gasteiger partial charge on any atom is -0.435 e. The number of benzene rings is 2. The quantitative estimate of drug-likeness (QED) is 0.715. The van der Waals surface area contributed by atoms with Gasteiger partial charge in [-0.3, -0.25) is 4.79 Å². The maximum atomic E-state index is 12.1. The molecule has 2 rings (SSSR count). The summed E-state index contributed by atoms with van der Waals surface area (Å²) in [7, 11) is 1.99. The van der Waals surface area contributed by atoms with E-state index in [9.17, 15) is 13.6 Å². The largest absolute Gasteiger partial charge is 0.435 e. The van der Waals surface area contributed by atoms with Gasteiger partial charge in [-0.05, 0) is 31.0 Å². The Morgan fingerprint density at radius 2 is 1.69 bits per heavy atom. The molecule has 0 bridgehead atoms. The third-order valence-electron chi connectivity index (χ3n) is 3.97. The second-order valence-corrected chi connectivity index (χ2v) is 6.42. The molecule has 0 aliphatic heterocycles. The van der Waals surface area contributed by atoms with Gasteiger partial charge in [-0.25, -0.2) is 0 Å². The third kappa shape index (κ3) is 7.19. The molecule has 0 saturated carbocycles. The molecule has 1 atom stereocenters. The summed E-state index contributed by atoms with van der Waals surface area (Å²) in [6.45, 7) is 0.923. The second kappa shape index (κ2) is 9.87. The predicted octanol–water partition coefficient (Wildman–Crippen LogP) is 1.97. The van der Waals surface area contributed by atoms with Crippen LogP contribution in [0.1, 0.15) is 16.7 Å². The smallest absolute Gasteiger partial charge is 0.387 e. The van der Waals surface area contributed by atoms with Crippen molar-refractivity contribution < 1.29 is 23.2 Å². The van der Waals surface area contributed by atoms with Gasteiger partial charge < -0.3 is 15.0 Å². The third-order valence-corrected chi connectivity index (χ3v) is 3.97. The number of halogens is 2. The van der Waals surface area contributed by atoms with Gasteiger partial charge in [-0.1, -0.05) is 42.0 Å². The molecular weight excluding hydrogens is 338 g/mol. The molecular formula is C20H25F2N2O2+. The Balaban J connectivity index is 1.68. The zero-order chi connectivity index (χ0) is 18.9. The van der Waals surface area contributed by atoms with Crippen LogP contribution in [0.5, 0.6) is 5.75 Å². The number of nitrogens with one attached hydrogen (secondary N) is 2. The molecule has 2 aromatic carbocycles. The van der Waals surface area contributed by atoms with E-state index in [1.807, 2.05) is 14.0 Å². The summed E-state index contributed by atoms with van der Waals surface area (Å²) in [6, 6.07) is 14.7. The molecule has 6 heteroatoms. The van der Waals surface area contributed by atoms with Gasteiger partial charge in [0.15, 0.2) is 6.54 Å². The van der Waals surface area contributed by atoms with Gasteiger partial charge in [0.1, 0.15) is 12.3 Å². The Hall–Kier alpha value is -2.47. The number of likely N-dealkylation sites (N-methyl/N-ethyl adjacent to an activating group) is 1. The monoisotopic (exact) mass is 363 g/mol. The number of carbonyl (C=O) groups is 1. The van der Waals surface area contributed by atoms with Crippen molar-refractivity contribution in [2.45, 2.75) is 26.5 Å². The first kappa shape index (κ1) is 19.8. The van der Waals surface area contributed by atoms with Crippen LogP contribution in [0, 0.1) is 6.92 Å². The molecule has 2 aromatic rings. The second-order valence-electron chi connectivity index (χ2n) is 6.42. The van der Waals surface area contributed by atoms with E-state index >= 15 is 0 Å². The lowest BCUT2D eigenvalue weighted by molar-refractivity contribution is -0.885. The van der Waals surface area contributed by atoms with Crippen LogP contribution in [-0.2, 0) is 17.8 Å². The predicted molar refractivity (Wildman–Crippen MR) is 96.4 cm³/mol. The topological polar surface area (TPSA) is 42.8 Å². The fourth-order valence-electron chi connectivity index (χ4n) is 2.64. The summed E-state index contributed by atoms with van der Waals surface area (Å²) in [4.78, 5) is 13.1. The normalized spacial score (nSPS) is 12.0. The molecule has 1 amide bonds. The summed E-state index contributed by atoms with van der Waals surface area (Å²) in [5.41, 5.74) is 3.37. The molecule has 4 nitrogen and oxygen atoms in total. The Labute approximate surface area is 152 Å². The average molecular weight is 363 g/mol. The molecule has 1 unspecified atom stereocenters. The van der Waals surface area contributed by atoms with Crippen LogP contribution in [0.25, 0.3) is 0 Å². The van der Waals surface area contributed by atoms with Crippen molar-refractivity contribution in [2.24, 2.45) is 0 Å². The van der Waals surface area contributed by atoms with Crippen molar-refractivity contribution in [2.75, 3.05) is 20.1 Å². The number of aryl methyl sites for hydroxylation is 1. The lowest BCUT2D eigenvalue weighted by Gasteiger charge is -2.14. The summed E-state index contributed by atoms with van der Waals surface area (Å²) >= 11 is 0. The van der Waals surface area contributed by atoms with Crippen molar-refractivity contribution in [1.29, 1.82) is 0 Å². The van der Waals surface area contributed by atoms with Crippen LogP contribution in [-0.4, -0.2) is 32.7 Å². The molecule has 0 fully saturated rings. The van der Waals surface area contributed by atoms with Crippen molar-refractivity contribution in [1.82, 2.24) is 5.32 Å². The van der Waals surface area contributed by atoms with Crippen LogP contribution < -0.4 is 15.0 Å². The van der Waals surface area contributed by atoms with Gasteiger partial charge in [0.2, 0.25) is 0 Å². The highest BCUT2D eigenvalue weighted by Gasteiger charge is 2.10. The van der Waals surface area contributed by atoms with Crippen molar-refractivity contribution in [3.63, 3.8) is 0 Å². The molecule has 26 heavy (non-hydrogen) atoms. The van der Waals surface area contributed by atoms with E-state index in [1.165, 1.54) is 23.3 Å². The lowest BCUT2D eigenvalue weighted by atomic mass is 10.1. The number of quaternary nitrogens is 1. The Morgan fingerprint density at radius 3 is 2.31 bits per heavy atom. The summed E-state index contributed by atoms with van der Waals surface area (Å²) in [6.07, 6.45) is 0.637. The fourth-order valence-corrected chi connectivity index (χ4v) is 2.64. The average Bonchev–Trinajstić information content (AvgIpc) is 2.58. The molecule has 0 spiro atoms. The zero-order valence-corrected chi connectivity index (χ0v) is 15.1. The molecule has 0 aromatic heterocycles. The highest BCUT2D eigenvalue weighted by Crippen LogP contribution is 2.14. The fraction of sp³-hybridized carbons (Fsp3) is 0.350.